The Morgan fingerprint density at radius 3 is 2.50 bits per heavy atom. The van der Waals surface area contributed by atoms with Crippen LogP contribution in [0.5, 0.6) is 0 Å². The number of hydrogen-bond donors (Lipinski definition) is 3. The summed E-state index contributed by atoms with van der Waals surface area (Å²) in [7, 11) is -3.55. The molecule has 20 heavy (non-hydrogen) atoms. The summed E-state index contributed by atoms with van der Waals surface area (Å²) in [4.78, 5) is 12.0. The van der Waals surface area contributed by atoms with Gasteiger partial charge in [0.25, 0.3) is 0 Å². The third-order valence-corrected chi connectivity index (χ3v) is 5.04. The minimum absolute atomic E-state index is 0.108. The molecule has 0 radical (unpaired) electrons. The van der Waals surface area contributed by atoms with Crippen LogP contribution in [0.2, 0.25) is 0 Å². The lowest BCUT2D eigenvalue weighted by Crippen LogP contribution is -2.43. The molecule has 4 N–H and O–H groups in total. The Balaban J connectivity index is 3.04. The van der Waals surface area contributed by atoms with E-state index in [1.54, 1.807) is 18.2 Å². The van der Waals surface area contributed by atoms with Crippen LogP contribution in [0.3, 0.4) is 0 Å². The average molecular weight is 299 g/mol. The first-order valence-electron chi connectivity index (χ1n) is 5.68. The fourth-order valence-electron chi connectivity index (χ4n) is 1.26. The van der Waals surface area contributed by atoms with Crippen molar-refractivity contribution in [2.75, 3.05) is 11.6 Å². The molecule has 0 aliphatic heterocycles. The number of nitrogens with one attached hydrogen (secondary N) is 1. The predicted molar refractivity (Wildman–Crippen MR) is 76.5 cm³/mol. The minimum Gasteiger partial charge on any atom is -0.409 e. The van der Waals surface area contributed by atoms with Crippen molar-refractivity contribution in [2.24, 2.45) is 10.9 Å². The molecular weight excluding hydrogens is 282 g/mol. The number of nitrogens with zero attached hydrogens (tertiary/aromatic N) is 1. The van der Waals surface area contributed by atoms with E-state index in [0.717, 1.165) is 6.26 Å². The standard InChI is InChI=1S/C12H17N3O4S/c1-12(2,20(3,18)19)11(16)14-9-6-4-5-8(7-9)10(13)15-17/h4-7,17H,1-3H3,(H2,13,15)(H,14,16). The van der Waals surface area contributed by atoms with Crippen molar-refractivity contribution in [3.8, 4) is 0 Å². The molecule has 1 aromatic carbocycles. The Hall–Kier alpha value is -2.09. The summed E-state index contributed by atoms with van der Waals surface area (Å²) in [5.41, 5.74) is 6.20. The Morgan fingerprint density at radius 2 is 2.00 bits per heavy atom. The molecule has 110 valence electrons. The second kappa shape index (κ2) is 5.49. The summed E-state index contributed by atoms with van der Waals surface area (Å²) in [6.45, 7) is 2.65. The lowest BCUT2D eigenvalue weighted by atomic mass is 10.1. The zero-order valence-electron chi connectivity index (χ0n) is 11.4. The van der Waals surface area contributed by atoms with Crippen LogP contribution in [-0.2, 0) is 14.6 Å². The first kappa shape index (κ1) is 16.0. The molecule has 0 saturated carbocycles. The van der Waals surface area contributed by atoms with Gasteiger partial charge < -0.3 is 16.3 Å². The number of hydrogen-bond acceptors (Lipinski definition) is 5. The summed E-state index contributed by atoms with van der Waals surface area (Å²) >= 11 is 0. The summed E-state index contributed by atoms with van der Waals surface area (Å²) in [5, 5.41) is 13.9. The van der Waals surface area contributed by atoms with E-state index in [4.69, 9.17) is 10.9 Å². The van der Waals surface area contributed by atoms with E-state index in [1.165, 1.54) is 19.9 Å². The number of carbonyl (C=O) groups is 1. The van der Waals surface area contributed by atoms with Gasteiger partial charge in [-0.2, -0.15) is 0 Å². The molecule has 0 aromatic heterocycles. The van der Waals surface area contributed by atoms with Crippen LogP contribution in [0.15, 0.2) is 29.4 Å². The number of nitrogens with two attached hydrogens (primary N) is 1. The first-order chi connectivity index (χ1) is 9.09. The molecule has 0 bridgehead atoms. The van der Waals surface area contributed by atoms with Gasteiger partial charge in [-0.3, -0.25) is 4.79 Å². The zero-order chi connectivity index (χ0) is 15.6. The lowest BCUT2D eigenvalue weighted by molar-refractivity contribution is -0.117. The fraction of sp³-hybridized carbons (Fsp3) is 0.333. The quantitative estimate of drug-likeness (QED) is 0.324. The number of benzene rings is 1. The van der Waals surface area contributed by atoms with Crippen molar-refractivity contribution in [2.45, 2.75) is 18.6 Å². The number of anilines is 1. The second-order valence-electron chi connectivity index (χ2n) is 4.80. The van der Waals surface area contributed by atoms with Crippen molar-refractivity contribution in [3.05, 3.63) is 29.8 Å². The Kier molecular flexibility index (Phi) is 4.39. The SMILES string of the molecule is CC(C)(C(=O)Nc1cccc(C(N)=NO)c1)S(C)(=O)=O. The monoisotopic (exact) mass is 299 g/mol. The molecule has 1 aromatic rings. The molecular formula is C12H17N3O4S. The van der Waals surface area contributed by atoms with Crippen LogP contribution in [0.1, 0.15) is 19.4 Å². The van der Waals surface area contributed by atoms with Gasteiger partial charge in [0.2, 0.25) is 5.91 Å². The van der Waals surface area contributed by atoms with Crippen LogP contribution in [0.4, 0.5) is 5.69 Å². The number of oxime groups is 1. The fourth-order valence-corrected chi connectivity index (χ4v) is 1.65. The normalized spacial score (nSPS) is 13.1. The molecule has 0 unspecified atom stereocenters. The van der Waals surface area contributed by atoms with Crippen molar-refractivity contribution < 1.29 is 18.4 Å². The largest absolute Gasteiger partial charge is 0.409 e. The van der Waals surface area contributed by atoms with Gasteiger partial charge in [-0.05, 0) is 26.0 Å². The molecule has 0 fully saturated rings. The van der Waals surface area contributed by atoms with Crippen LogP contribution >= 0.6 is 0 Å². The number of amidine groups is 1. The van der Waals surface area contributed by atoms with Gasteiger partial charge in [0.1, 0.15) is 4.75 Å². The predicted octanol–water partition coefficient (Wildman–Crippen LogP) is 0.543. The Bertz CT molecular complexity index is 650. The van der Waals surface area contributed by atoms with Crippen LogP contribution in [-0.4, -0.2) is 36.4 Å². The lowest BCUT2D eigenvalue weighted by Gasteiger charge is -2.21. The van der Waals surface area contributed by atoms with Gasteiger partial charge in [0.15, 0.2) is 15.7 Å². The van der Waals surface area contributed by atoms with Crippen LogP contribution < -0.4 is 11.1 Å². The van der Waals surface area contributed by atoms with E-state index in [0.29, 0.717) is 11.3 Å². The molecule has 1 amide bonds. The molecule has 0 heterocycles. The topological polar surface area (TPSA) is 122 Å². The maximum absolute atomic E-state index is 12.0. The Morgan fingerprint density at radius 1 is 1.40 bits per heavy atom. The van der Waals surface area contributed by atoms with Gasteiger partial charge in [-0.25, -0.2) is 8.42 Å². The van der Waals surface area contributed by atoms with E-state index in [-0.39, 0.29) is 5.84 Å². The summed E-state index contributed by atoms with van der Waals surface area (Å²) in [6, 6.07) is 6.23. The number of amides is 1. The van der Waals surface area contributed by atoms with Crippen LogP contribution in [0, 0.1) is 0 Å². The highest BCUT2D eigenvalue weighted by Crippen LogP contribution is 2.19. The second-order valence-corrected chi connectivity index (χ2v) is 7.37. The Labute approximate surface area is 117 Å². The molecule has 0 aliphatic carbocycles. The van der Waals surface area contributed by atoms with E-state index in [2.05, 4.69) is 10.5 Å². The van der Waals surface area contributed by atoms with Crippen molar-refractivity contribution >= 4 is 27.3 Å². The summed E-state index contributed by atoms with van der Waals surface area (Å²) in [6.07, 6.45) is 0.999. The maximum Gasteiger partial charge on any atom is 0.245 e. The molecule has 0 spiro atoms. The summed E-state index contributed by atoms with van der Waals surface area (Å²) < 4.78 is 21.6. The molecule has 8 heteroatoms. The maximum atomic E-state index is 12.0. The smallest absolute Gasteiger partial charge is 0.245 e. The van der Waals surface area contributed by atoms with Crippen molar-refractivity contribution in [3.63, 3.8) is 0 Å². The third kappa shape index (κ3) is 3.27. The van der Waals surface area contributed by atoms with E-state index >= 15 is 0 Å². The number of sulfone groups is 1. The van der Waals surface area contributed by atoms with E-state index in [1.807, 2.05) is 0 Å². The molecule has 7 nitrogen and oxygen atoms in total. The highest BCUT2D eigenvalue weighted by molar-refractivity contribution is 7.92. The van der Waals surface area contributed by atoms with Gasteiger partial charge in [0, 0.05) is 17.5 Å². The third-order valence-electron chi connectivity index (χ3n) is 3.00. The molecule has 0 atom stereocenters. The van der Waals surface area contributed by atoms with E-state index in [9.17, 15) is 13.2 Å². The first-order valence-corrected chi connectivity index (χ1v) is 7.57. The average Bonchev–Trinajstić information content (AvgIpc) is 2.36. The number of carbonyl (C=O) groups excluding carboxylic acids is 1. The minimum atomic E-state index is -3.55. The molecule has 0 aliphatic rings. The van der Waals surface area contributed by atoms with Gasteiger partial charge >= 0.3 is 0 Å². The molecule has 1 rings (SSSR count). The van der Waals surface area contributed by atoms with Gasteiger partial charge in [-0.15, -0.1) is 0 Å². The summed E-state index contributed by atoms with van der Waals surface area (Å²) in [5.74, 6) is -0.764. The van der Waals surface area contributed by atoms with Gasteiger partial charge in [0.05, 0.1) is 0 Å². The van der Waals surface area contributed by atoms with E-state index < -0.39 is 20.5 Å². The van der Waals surface area contributed by atoms with Crippen LogP contribution in [0.25, 0.3) is 0 Å². The van der Waals surface area contributed by atoms with Gasteiger partial charge in [-0.1, -0.05) is 17.3 Å². The zero-order valence-corrected chi connectivity index (χ0v) is 12.2. The van der Waals surface area contributed by atoms with Crippen molar-refractivity contribution in [1.29, 1.82) is 0 Å². The molecule has 0 saturated heterocycles. The van der Waals surface area contributed by atoms with Crippen molar-refractivity contribution in [1.82, 2.24) is 0 Å². The highest BCUT2D eigenvalue weighted by atomic mass is 32.2. The number of rotatable bonds is 4. The highest BCUT2D eigenvalue weighted by Gasteiger charge is 2.38.